The topological polar surface area (TPSA) is 22.1 Å². The molecule has 1 aromatic carbocycles. The van der Waals surface area contributed by atoms with Crippen LogP contribution in [0.25, 0.3) is 0 Å². The highest BCUT2D eigenvalue weighted by atomic mass is 79.9. The molecule has 2 aromatic rings. The summed E-state index contributed by atoms with van der Waals surface area (Å²) in [4.78, 5) is 3.98. The van der Waals surface area contributed by atoms with Crippen LogP contribution in [0.1, 0.15) is 17.3 Å². The Morgan fingerprint density at radius 3 is 2.72 bits per heavy atom. The first-order valence-electron chi connectivity index (χ1n) is 5.61. The van der Waals surface area contributed by atoms with E-state index in [1.165, 1.54) is 6.20 Å². The fraction of sp³-hybridized carbons (Fsp3) is 0.214. The second kappa shape index (κ2) is 6.50. The van der Waals surface area contributed by atoms with Gasteiger partial charge in [-0.3, -0.25) is 4.98 Å². The summed E-state index contributed by atoms with van der Waals surface area (Å²) < 4.78 is 19.0. The second-order valence-corrected chi connectivity index (χ2v) is 4.50. The molecule has 94 valence electrons. The molecule has 2 rings (SSSR count). The number of halogens is 2. The van der Waals surface area contributed by atoms with Gasteiger partial charge in [0.25, 0.3) is 0 Å². The van der Waals surface area contributed by atoms with Crippen LogP contribution in [0.3, 0.4) is 0 Å². The third-order valence-electron chi connectivity index (χ3n) is 2.48. The number of aromatic nitrogens is 1. The van der Waals surface area contributed by atoms with Gasteiger partial charge < -0.3 is 4.74 Å². The van der Waals surface area contributed by atoms with E-state index in [1.807, 2.05) is 30.3 Å². The maximum absolute atomic E-state index is 13.5. The van der Waals surface area contributed by atoms with E-state index in [9.17, 15) is 4.39 Å². The lowest BCUT2D eigenvalue weighted by Crippen LogP contribution is -1.98. The fourth-order valence-electron chi connectivity index (χ4n) is 1.52. The second-order valence-electron chi connectivity index (χ2n) is 3.85. The van der Waals surface area contributed by atoms with Crippen LogP contribution in [0, 0.1) is 0 Å². The van der Waals surface area contributed by atoms with Gasteiger partial charge in [0, 0.05) is 17.1 Å². The average molecular weight is 310 g/mol. The summed E-state index contributed by atoms with van der Waals surface area (Å²) in [7, 11) is 0. The van der Waals surface area contributed by atoms with E-state index < -0.39 is 6.17 Å². The van der Waals surface area contributed by atoms with Crippen molar-refractivity contribution in [1.82, 2.24) is 4.98 Å². The third-order valence-corrected chi connectivity index (χ3v) is 3.05. The van der Waals surface area contributed by atoms with Crippen LogP contribution in [0.15, 0.2) is 48.8 Å². The van der Waals surface area contributed by atoms with Crippen molar-refractivity contribution in [2.75, 3.05) is 5.33 Å². The molecule has 18 heavy (non-hydrogen) atoms. The lowest BCUT2D eigenvalue weighted by Gasteiger charge is -2.09. The molecule has 0 amide bonds. The van der Waals surface area contributed by atoms with Crippen molar-refractivity contribution in [3.05, 3.63) is 59.9 Å². The summed E-state index contributed by atoms with van der Waals surface area (Å²) in [5, 5.41) is 0.261. The molecule has 0 fully saturated rings. The van der Waals surface area contributed by atoms with E-state index in [1.54, 1.807) is 12.3 Å². The number of pyridine rings is 1. The number of rotatable bonds is 5. The predicted molar refractivity (Wildman–Crippen MR) is 72.7 cm³/mol. The first kappa shape index (κ1) is 13.0. The van der Waals surface area contributed by atoms with E-state index >= 15 is 0 Å². The monoisotopic (exact) mass is 309 g/mol. The zero-order chi connectivity index (χ0) is 12.8. The maximum atomic E-state index is 13.5. The van der Waals surface area contributed by atoms with Crippen LogP contribution in [-0.4, -0.2) is 10.3 Å². The number of benzene rings is 1. The summed E-state index contributed by atoms with van der Waals surface area (Å²) in [5.74, 6) is 0.583. The molecule has 1 atom stereocenters. The first-order chi connectivity index (χ1) is 8.79. The molecule has 0 aliphatic carbocycles. The third kappa shape index (κ3) is 3.53. The molecule has 1 heterocycles. The Hall–Kier alpha value is -1.42. The molecule has 0 bridgehead atoms. The molecule has 0 spiro atoms. The van der Waals surface area contributed by atoms with E-state index in [0.717, 1.165) is 5.56 Å². The average Bonchev–Trinajstić information content (AvgIpc) is 2.45. The van der Waals surface area contributed by atoms with Crippen molar-refractivity contribution < 1.29 is 9.13 Å². The van der Waals surface area contributed by atoms with Gasteiger partial charge in [0.15, 0.2) is 0 Å². The fourth-order valence-corrected chi connectivity index (χ4v) is 1.89. The zero-order valence-corrected chi connectivity index (χ0v) is 11.3. The van der Waals surface area contributed by atoms with Gasteiger partial charge in [-0.05, 0) is 11.6 Å². The van der Waals surface area contributed by atoms with E-state index in [2.05, 4.69) is 20.9 Å². The van der Waals surface area contributed by atoms with Crippen LogP contribution in [0.2, 0.25) is 0 Å². The van der Waals surface area contributed by atoms with E-state index in [4.69, 9.17) is 4.74 Å². The summed E-state index contributed by atoms with van der Waals surface area (Å²) in [5.41, 5.74) is 1.60. The molecule has 1 unspecified atom stereocenters. The number of ether oxygens (including phenoxy) is 1. The Balaban J connectivity index is 2.01. The molecule has 1 aromatic heterocycles. The van der Waals surface area contributed by atoms with Gasteiger partial charge in [0.1, 0.15) is 18.5 Å². The highest BCUT2D eigenvalue weighted by molar-refractivity contribution is 9.09. The normalized spacial score (nSPS) is 12.1. The number of nitrogens with zero attached hydrogens (tertiary/aromatic N) is 1. The van der Waals surface area contributed by atoms with Gasteiger partial charge in [-0.2, -0.15) is 0 Å². The van der Waals surface area contributed by atoms with Crippen molar-refractivity contribution in [2.45, 2.75) is 12.8 Å². The lowest BCUT2D eigenvalue weighted by atomic mass is 10.2. The molecule has 2 nitrogen and oxygen atoms in total. The summed E-state index contributed by atoms with van der Waals surface area (Å²) in [6, 6.07) is 11.5. The molecule has 0 saturated carbocycles. The molecule has 0 N–H and O–H groups in total. The standard InChI is InChI=1S/C14H13BrFNO/c15-7-14(16)12-6-13(9-17-8-12)18-10-11-4-2-1-3-5-11/h1-6,8-9,14H,7,10H2. The van der Waals surface area contributed by atoms with Crippen molar-refractivity contribution in [3.8, 4) is 5.75 Å². The van der Waals surface area contributed by atoms with Crippen LogP contribution in [0.5, 0.6) is 5.75 Å². The summed E-state index contributed by atoms with van der Waals surface area (Å²) >= 11 is 3.11. The Kier molecular flexibility index (Phi) is 4.70. The Bertz CT molecular complexity index is 492. The molecule has 0 radical (unpaired) electrons. The largest absolute Gasteiger partial charge is 0.487 e. The Morgan fingerprint density at radius 1 is 1.22 bits per heavy atom. The van der Waals surface area contributed by atoms with Crippen LogP contribution < -0.4 is 4.74 Å². The molecule has 0 saturated heterocycles. The summed E-state index contributed by atoms with van der Waals surface area (Å²) in [6.07, 6.45) is 2.05. The Labute approximate surface area is 114 Å². The quantitative estimate of drug-likeness (QED) is 0.777. The van der Waals surface area contributed by atoms with Gasteiger partial charge in [0.2, 0.25) is 0 Å². The summed E-state index contributed by atoms with van der Waals surface area (Å²) in [6.45, 7) is 0.456. The minimum Gasteiger partial charge on any atom is -0.487 e. The highest BCUT2D eigenvalue weighted by Crippen LogP contribution is 2.22. The van der Waals surface area contributed by atoms with Crippen LogP contribution in [-0.2, 0) is 6.61 Å². The van der Waals surface area contributed by atoms with Crippen molar-refractivity contribution in [3.63, 3.8) is 0 Å². The van der Waals surface area contributed by atoms with E-state index in [-0.39, 0.29) is 5.33 Å². The number of alkyl halides is 2. The molecule has 4 heteroatoms. The van der Waals surface area contributed by atoms with Gasteiger partial charge in [-0.25, -0.2) is 4.39 Å². The maximum Gasteiger partial charge on any atom is 0.138 e. The smallest absolute Gasteiger partial charge is 0.138 e. The van der Waals surface area contributed by atoms with Gasteiger partial charge in [-0.1, -0.05) is 46.3 Å². The molecular formula is C14H13BrFNO. The van der Waals surface area contributed by atoms with Gasteiger partial charge in [0.05, 0.1) is 6.20 Å². The molecule has 0 aliphatic rings. The minimum absolute atomic E-state index is 0.261. The number of hydrogen-bond donors (Lipinski definition) is 0. The van der Waals surface area contributed by atoms with Crippen LogP contribution in [0.4, 0.5) is 4.39 Å². The number of hydrogen-bond acceptors (Lipinski definition) is 2. The molecular weight excluding hydrogens is 297 g/mol. The lowest BCUT2D eigenvalue weighted by molar-refractivity contribution is 0.302. The first-order valence-corrected chi connectivity index (χ1v) is 6.73. The SMILES string of the molecule is FC(CBr)c1cncc(OCc2ccccc2)c1. The zero-order valence-electron chi connectivity index (χ0n) is 9.72. The molecule has 0 aliphatic heterocycles. The predicted octanol–water partition coefficient (Wildman–Crippen LogP) is 4.07. The van der Waals surface area contributed by atoms with Gasteiger partial charge in [-0.15, -0.1) is 0 Å². The van der Waals surface area contributed by atoms with Gasteiger partial charge >= 0.3 is 0 Å². The minimum atomic E-state index is -1.06. The highest BCUT2D eigenvalue weighted by Gasteiger charge is 2.09. The van der Waals surface area contributed by atoms with E-state index in [0.29, 0.717) is 17.9 Å². The Morgan fingerprint density at radius 2 is 2.00 bits per heavy atom. The van der Waals surface area contributed by atoms with Crippen molar-refractivity contribution >= 4 is 15.9 Å². The van der Waals surface area contributed by atoms with Crippen LogP contribution >= 0.6 is 15.9 Å². The van der Waals surface area contributed by atoms with Crippen molar-refractivity contribution in [1.29, 1.82) is 0 Å². The van der Waals surface area contributed by atoms with Crippen molar-refractivity contribution in [2.24, 2.45) is 0 Å².